The molecular formula is C55H36N6. The number of rotatable bonds is 8. The van der Waals surface area contributed by atoms with E-state index in [0.717, 1.165) is 66.8 Å². The van der Waals surface area contributed by atoms with Gasteiger partial charge in [-0.3, -0.25) is 0 Å². The summed E-state index contributed by atoms with van der Waals surface area (Å²) in [5.74, 6) is 3.25. The monoisotopic (exact) mass is 780 g/mol. The second kappa shape index (κ2) is 15.2. The van der Waals surface area contributed by atoms with Crippen LogP contribution >= 0.6 is 0 Å². The van der Waals surface area contributed by atoms with Crippen LogP contribution in [0.2, 0.25) is 0 Å². The second-order valence-corrected chi connectivity index (χ2v) is 15.0. The molecule has 6 nitrogen and oxygen atoms in total. The van der Waals surface area contributed by atoms with Crippen molar-refractivity contribution in [1.82, 2.24) is 29.9 Å². The Bertz CT molecular complexity index is 2970. The summed E-state index contributed by atoms with van der Waals surface area (Å²) in [6.45, 7) is 0. The molecule has 11 rings (SSSR count). The fraction of sp³-hybridized carbons (Fsp3) is 0.0182. The first-order valence-corrected chi connectivity index (χ1v) is 20.4. The van der Waals surface area contributed by atoms with Crippen LogP contribution in [-0.2, 0) is 5.41 Å². The lowest BCUT2D eigenvalue weighted by atomic mass is 9.76. The SMILES string of the molecule is c1ccc(-c2nc(-c3ccccc3-c3ccccc3)nc(C3(c4nc(-c5ccccc5)nc(-c5ccccc5-c5ccccc5)n4)c4ccccc4-c4ccccc43)n2)cc1. The van der Waals surface area contributed by atoms with E-state index in [0.29, 0.717) is 34.9 Å². The molecule has 10 aromatic rings. The molecule has 8 aromatic carbocycles. The number of fused-ring (bicyclic) bond motifs is 3. The van der Waals surface area contributed by atoms with Crippen LogP contribution in [0.3, 0.4) is 0 Å². The summed E-state index contributed by atoms with van der Waals surface area (Å²) in [6.07, 6.45) is 0. The molecule has 1 aliphatic rings. The van der Waals surface area contributed by atoms with Crippen molar-refractivity contribution in [3.05, 3.63) is 241 Å². The van der Waals surface area contributed by atoms with E-state index in [1.807, 2.05) is 84.9 Å². The van der Waals surface area contributed by atoms with Gasteiger partial charge in [-0.25, -0.2) is 29.9 Å². The van der Waals surface area contributed by atoms with Gasteiger partial charge in [0.05, 0.1) is 0 Å². The molecule has 0 unspecified atom stereocenters. The van der Waals surface area contributed by atoms with Gasteiger partial charge in [-0.15, -0.1) is 0 Å². The molecule has 0 bridgehead atoms. The first kappa shape index (κ1) is 35.9. The third-order valence-electron chi connectivity index (χ3n) is 11.5. The van der Waals surface area contributed by atoms with Gasteiger partial charge in [0.25, 0.3) is 0 Å². The molecule has 0 atom stereocenters. The Labute approximate surface area is 354 Å². The van der Waals surface area contributed by atoms with Crippen LogP contribution < -0.4 is 0 Å². The number of aromatic nitrogens is 6. The van der Waals surface area contributed by atoms with Gasteiger partial charge in [0.2, 0.25) is 0 Å². The summed E-state index contributed by atoms with van der Waals surface area (Å²) in [6, 6.07) is 74.7. The lowest BCUT2D eigenvalue weighted by Gasteiger charge is -2.30. The van der Waals surface area contributed by atoms with Crippen LogP contribution in [0.25, 0.3) is 78.9 Å². The molecule has 0 radical (unpaired) electrons. The van der Waals surface area contributed by atoms with Crippen LogP contribution in [0.1, 0.15) is 22.8 Å². The third kappa shape index (κ3) is 6.21. The molecule has 2 heterocycles. The average Bonchev–Trinajstić information content (AvgIpc) is 3.66. The van der Waals surface area contributed by atoms with Gasteiger partial charge in [-0.1, -0.05) is 218 Å². The molecule has 0 amide bonds. The highest BCUT2D eigenvalue weighted by Gasteiger charge is 2.52. The van der Waals surface area contributed by atoms with E-state index in [4.69, 9.17) is 29.9 Å². The summed E-state index contributed by atoms with van der Waals surface area (Å²) in [5, 5.41) is 0. The molecule has 2 aromatic heterocycles. The minimum Gasteiger partial charge on any atom is -0.211 e. The second-order valence-electron chi connectivity index (χ2n) is 15.0. The first-order valence-electron chi connectivity index (χ1n) is 20.4. The fourth-order valence-corrected chi connectivity index (χ4v) is 8.67. The topological polar surface area (TPSA) is 77.3 Å². The number of hydrogen-bond acceptors (Lipinski definition) is 6. The zero-order valence-corrected chi connectivity index (χ0v) is 33.0. The van der Waals surface area contributed by atoms with Crippen molar-refractivity contribution in [3.63, 3.8) is 0 Å². The van der Waals surface area contributed by atoms with Gasteiger partial charge < -0.3 is 0 Å². The number of nitrogens with zero attached hydrogens (tertiary/aromatic N) is 6. The van der Waals surface area contributed by atoms with Crippen molar-refractivity contribution < 1.29 is 0 Å². The van der Waals surface area contributed by atoms with Crippen molar-refractivity contribution in [2.24, 2.45) is 0 Å². The van der Waals surface area contributed by atoms with Crippen LogP contribution in [-0.4, -0.2) is 29.9 Å². The van der Waals surface area contributed by atoms with Crippen LogP contribution in [0.4, 0.5) is 0 Å². The Morgan fingerprint density at radius 3 is 0.869 bits per heavy atom. The predicted molar refractivity (Wildman–Crippen MR) is 243 cm³/mol. The van der Waals surface area contributed by atoms with Gasteiger partial charge in [0.15, 0.2) is 34.9 Å². The summed E-state index contributed by atoms with van der Waals surface area (Å²) < 4.78 is 0. The van der Waals surface area contributed by atoms with Crippen LogP contribution in [0.15, 0.2) is 218 Å². The predicted octanol–water partition coefficient (Wildman–Crippen LogP) is 12.4. The molecule has 0 fully saturated rings. The van der Waals surface area contributed by atoms with Crippen molar-refractivity contribution in [2.45, 2.75) is 5.41 Å². The Morgan fingerprint density at radius 1 is 0.213 bits per heavy atom. The number of benzene rings is 8. The molecule has 0 N–H and O–H groups in total. The van der Waals surface area contributed by atoms with Gasteiger partial charge in [-0.2, -0.15) is 0 Å². The largest absolute Gasteiger partial charge is 0.211 e. The minimum absolute atomic E-state index is 0.518. The number of hydrogen-bond donors (Lipinski definition) is 0. The summed E-state index contributed by atoms with van der Waals surface area (Å²) >= 11 is 0. The van der Waals surface area contributed by atoms with Gasteiger partial charge >= 0.3 is 0 Å². The molecular weight excluding hydrogens is 745 g/mol. The van der Waals surface area contributed by atoms with Gasteiger partial charge in [0.1, 0.15) is 5.41 Å². The fourth-order valence-electron chi connectivity index (χ4n) is 8.67. The highest BCUT2D eigenvalue weighted by Crippen LogP contribution is 2.55. The van der Waals surface area contributed by atoms with E-state index in [1.165, 1.54) is 0 Å². The maximum Gasteiger partial charge on any atom is 0.164 e. The molecule has 286 valence electrons. The normalized spacial score (nSPS) is 12.4. The zero-order valence-electron chi connectivity index (χ0n) is 33.0. The maximum absolute atomic E-state index is 5.59. The lowest BCUT2D eigenvalue weighted by Crippen LogP contribution is -2.34. The average molecular weight is 781 g/mol. The summed E-state index contributed by atoms with van der Waals surface area (Å²) in [4.78, 5) is 32.7. The van der Waals surface area contributed by atoms with E-state index in [-0.39, 0.29) is 0 Å². The maximum atomic E-state index is 5.59. The molecule has 0 saturated heterocycles. The highest BCUT2D eigenvalue weighted by molar-refractivity contribution is 5.87. The van der Waals surface area contributed by atoms with Crippen LogP contribution in [0, 0.1) is 0 Å². The zero-order chi connectivity index (χ0) is 40.6. The lowest BCUT2D eigenvalue weighted by molar-refractivity contribution is 0.639. The molecule has 6 heteroatoms. The van der Waals surface area contributed by atoms with Gasteiger partial charge in [-0.05, 0) is 44.5 Å². The smallest absolute Gasteiger partial charge is 0.164 e. The standard InChI is InChI=1S/C55H36N6/c1-5-21-37(22-6-1)41-29-13-15-33-45(41)51-56-49(39-25-9-3-10-26-39)58-53(60-51)55(47-35-19-17-31-43(47)44-32-18-20-36-48(44)55)54-59-50(40-27-11-4-12-28-40)57-52(61-54)46-34-16-14-30-42(46)38-23-7-2-8-24-38/h1-36H. The summed E-state index contributed by atoms with van der Waals surface area (Å²) in [5.41, 5.74) is 10.6. The Kier molecular flexibility index (Phi) is 8.94. The van der Waals surface area contributed by atoms with Crippen LogP contribution in [0.5, 0.6) is 0 Å². The van der Waals surface area contributed by atoms with Crippen molar-refractivity contribution in [3.8, 4) is 78.9 Å². The van der Waals surface area contributed by atoms with E-state index in [9.17, 15) is 0 Å². The summed E-state index contributed by atoms with van der Waals surface area (Å²) in [7, 11) is 0. The van der Waals surface area contributed by atoms with Crippen molar-refractivity contribution in [2.75, 3.05) is 0 Å². The van der Waals surface area contributed by atoms with Crippen molar-refractivity contribution >= 4 is 0 Å². The molecule has 0 spiro atoms. The highest BCUT2D eigenvalue weighted by atomic mass is 15.1. The first-order chi connectivity index (χ1) is 30.3. The minimum atomic E-state index is -1.20. The van der Waals surface area contributed by atoms with Gasteiger partial charge in [0, 0.05) is 22.3 Å². The van der Waals surface area contributed by atoms with Crippen molar-refractivity contribution in [1.29, 1.82) is 0 Å². The third-order valence-corrected chi connectivity index (χ3v) is 11.5. The Balaban J connectivity index is 1.27. The molecule has 0 aliphatic heterocycles. The van der Waals surface area contributed by atoms with E-state index in [2.05, 4.69) is 133 Å². The Hall–Kier alpha value is -8.22. The van der Waals surface area contributed by atoms with E-state index in [1.54, 1.807) is 0 Å². The molecule has 1 aliphatic carbocycles. The molecule has 61 heavy (non-hydrogen) atoms. The van der Waals surface area contributed by atoms with E-state index < -0.39 is 5.41 Å². The molecule has 0 saturated carbocycles. The Morgan fingerprint density at radius 2 is 0.492 bits per heavy atom. The quantitative estimate of drug-likeness (QED) is 0.153. The van der Waals surface area contributed by atoms with E-state index >= 15 is 0 Å².